The zero-order chi connectivity index (χ0) is 18.9. The minimum absolute atomic E-state index is 0.111. The first-order chi connectivity index (χ1) is 13.2. The number of nitrogens with one attached hydrogen (secondary N) is 3. The number of carbonyl (C=O) groups excluding carboxylic acids is 1. The van der Waals surface area contributed by atoms with E-state index in [0.29, 0.717) is 31.5 Å². The number of nitrogens with zero attached hydrogens (tertiary/aromatic N) is 1. The van der Waals surface area contributed by atoms with Crippen molar-refractivity contribution < 1.29 is 14.3 Å². The van der Waals surface area contributed by atoms with Crippen molar-refractivity contribution in [3.05, 3.63) is 54.1 Å². The second-order valence-corrected chi connectivity index (χ2v) is 6.03. The Morgan fingerprint density at radius 2 is 1.81 bits per heavy atom. The maximum Gasteiger partial charge on any atom is 0.239 e. The van der Waals surface area contributed by atoms with Gasteiger partial charge in [-0.15, -0.1) is 0 Å². The fourth-order valence-electron chi connectivity index (χ4n) is 2.58. The van der Waals surface area contributed by atoms with Gasteiger partial charge in [-0.2, -0.15) is 0 Å². The lowest BCUT2D eigenvalue weighted by Gasteiger charge is -2.14. The molecule has 0 aliphatic carbocycles. The summed E-state index contributed by atoms with van der Waals surface area (Å²) in [6, 6.07) is 15.4. The van der Waals surface area contributed by atoms with Crippen LogP contribution >= 0.6 is 0 Å². The second kappa shape index (κ2) is 9.47. The van der Waals surface area contributed by atoms with Gasteiger partial charge < -0.3 is 25.4 Å². The van der Waals surface area contributed by atoms with Gasteiger partial charge in [-0.05, 0) is 17.7 Å². The Morgan fingerprint density at radius 1 is 1.04 bits per heavy atom. The number of benzene rings is 2. The summed E-state index contributed by atoms with van der Waals surface area (Å²) >= 11 is 0. The minimum Gasteiger partial charge on any atom is -0.490 e. The Kier molecular flexibility index (Phi) is 6.51. The molecule has 0 saturated carbocycles. The molecule has 1 amide bonds. The van der Waals surface area contributed by atoms with Gasteiger partial charge in [0.2, 0.25) is 5.91 Å². The molecular weight excluding hydrogens is 344 g/mol. The first-order valence-electron chi connectivity index (χ1n) is 8.92. The van der Waals surface area contributed by atoms with Crippen LogP contribution in [0.25, 0.3) is 0 Å². The molecule has 0 atom stereocenters. The van der Waals surface area contributed by atoms with Gasteiger partial charge in [-0.25, -0.2) is 0 Å². The molecule has 0 unspecified atom stereocenters. The van der Waals surface area contributed by atoms with Crippen LogP contribution in [0, 0.1) is 0 Å². The molecule has 1 heterocycles. The van der Waals surface area contributed by atoms with Crippen LogP contribution in [-0.2, 0) is 11.3 Å². The summed E-state index contributed by atoms with van der Waals surface area (Å²) in [6.45, 7) is 1.90. The van der Waals surface area contributed by atoms with Crippen molar-refractivity contribution >= 4 is 17.6 Å². The van der Waals surface area contributed by atoms with E-state index in [9.17, 15) is 4.79 Å². The van der Waals surface area contributed by atoms with Gasteiger partial charge in [-0.1, -0.05) is 30.3 Å². The maximum atomic E-state index is 12.0. The van der Waals surface area contributed by atoms with Crippen LogP contribution < -0.4 is 25.4 Å². The second-order valence-electron chi connectivity index (χ2n) is 6.03. The van der Waals surface area contributed by atoms with E-state index in [-0.39, 0.29) is 12.5 Å². The molecule has 7 heteroatoms. The summed E-state index contributed by atoms with van der Waals surface area (Å²) in [7, 11) is 1.65. The van der Waals surface area contributed by atoms with Crippen LogP contribution in [0.4, 0.5) is 5.69 Å². The van der Waals surface area contributed by atoms with Crippen LogP contribution in [-0.4, -0.2) is 38.7 Å². The number of ether oxygens (including phenoxy) is 2. The van der Waals surface area contributed by atoms with Crippen molar-refractivity contribution in [2.24, 2.45) is 4.99 Å². The number of anilines is 1. The Bertz CT molecular complexity index is 793. The topological polar surface area (TPSA) is 84.0 Å². The molecule has 3 N–H and O–H groups in total. The third-order valence-corrected chi connectivity index (χ3v) is 3.98. The standard InChI is InChI=1S/C20H24N4O3/c1-21-20(23-14-19(25)22-13-15-6-3-2-4-7-15)24-16-8-9-17-18(12-16)27-11-5-10-26-17/h2-4,6-9,12H,5,10-11,13-14H2,1H3,(H,22,25)(H2,21,23,24). The average molecular weight is 368 g/mol. The molecular formula is C20H24N4O3. The molecule has 0 bridgehead atoms. The molecule has 7 nitrogen and oxygen atoms in total. The fourth-order valence-corrected chi connectivity index (χ4v) is 2.58. The molecule has 0 fully saturated rings. The summed E-state index contributed by atoms with van der Waals surface area (Å²) in [5.74, 6) is 1.83. The van der Waals surface area contributed by atoms with Gasteiger partial charge in [0.1, 0.15) is 0 Å². The van der Waals surface area contributed by atoms with Crippen LogP contribution in [0.3, 0.4) is 0 Å². The lowest BCUT2D eigenvalue weighted by Crippen LogP contribution is -2.39. The smallest absolute Gasteiger partial charge is 0.239 e. The lowest BCUT2D eigenvalue weighted by atomic mass is 10.2. The predicted octanol–water partition coefficient (Wildman–Crippen LogP) is 2.15. The lowest BCUT2D eigenvalue weighted by molar-refractivity contribution is -0.120. The summed E-state index contributed by atoms with van der Waals surface area (Å²) in [4.78, 5) is 16.2. The Hall–Kier alpha value is -3.22. The van der Waals surface area contributed by atoms with Crippen LogP contribution in [0.15, 0.2) is 53.5 Å². The van der Waals surface area contributed by atoms with E-state index >= 15 is 0 Å². The molecule has 1 aliphatic rings. The van der Waals surface area contributed by atoms with Crippen molar-refractivity contribution in [2.45, 2.75) is 13.0 Å². The summed E-state index contributed by atoms with van der Waals surface area (Å²) in [5, 5.41) is 9.02. The Morgan fingerprint density at radius 3 is 2.59 bits per heavy atom. The van der Waals surface area contributed by atoms with Gasteiger partial charge in [0, 0.05) is 31.8 Å². The first kappa shape index (κ1) is 18.6. The van der Waals surface area contributed by atoms with Crippen molar-refractivity contribution in [1.29, 1.82) is 0 Å². The molecule has 142 valence electrons. The highest BCUT2D eigenvalue weighted by atomic mass is 16.5. The molecule has 0 spiro atoms. The Balaban J connectivity index is 1.49. The predicted molar refractivity (Wildman–Crippen MR) is 105 cm³/mol. The molecule has 0 radical (unpaired) electrons. The number of rotatable bonds is 5. The minimum atomic E-state index is -0.111. The van der Waals surface area contributed by atoms with E-state index in [1.54, 1.807) is 7.05 Å². The zero-order valence-corrected chi connectivity index (χ0v) is 15.3. The van der Waals surface area contributed by atoms with E-state index in [0.717, 1.165) is 23.4 Å². The monoisotopic (exact) mass is 368 g/mol. The average Bonchev–Trinajstić information content (AvgIpc) is 2.95. The Labute approximate surface area is 158 Å². The third-order valence-electron chi connectivity index (χ3n) is 3.98. The van der Waals surface area contributed by atoms with Crippen molar-refractivity contribution in [3.8, 4) is 11.5 Å². The van der Waals surface area contributed by atoms with E-state index < -0.39 is 0 Å². The number of fused-ring (bicyclic) bond motifs is 1. The molecule has 2 aromatic carbocycles. The SMILES string of the molecule is CN=C(NCC(=O)NCc1ccccc1)Nc1ccc2c(c1)OCCCO2. The number of guanidine groups is 1. The summed E-state index contributed by atoms with van der Waals surface area (Å²) < 4.78 is 11.3. The number of hydrogen-bond donors (Lipinski definition) is 3. The van der Waals surface area contributed by atoms with Gasteiger partial charge in [0.15, 0.2) is 17.5 Å². The van der Waals surface area contributed by atoms with Crippen LogP contribution in [0.2, 0.25) is 0 Å². The summed E-state index contributed by atoms with van der Waals surface area (Å²) in [6.07, 6.45) is 0.860. The van der Waals surface area contributed by atoms with Crippen molar-refractivity contribution in [1.82, 2.24) is 10.6 Å². The highest BCUT2D eigenvalue weighted by Gasteiger charge is 2.11. The summed E-state index contributed by atoms with van der Waals surface area (Å²) in [5.41, 5.74) is 1.86. The van der Waals surface area contributed by atoms with Gasteiger partial charge in [-0.3, -0.25) is 9.79 Å². The number of carbonyl (C=O) groups is 1. The molecule has 1 aliphatic heterocycles. The van der Waals surface area contributed by atoms with Crippen LogP contribution in [0.5, 0.6) is 11.5 Å². The highest BCUT2D eigenvalue weighted by molar-refractivity contribution is 5.96. The molecule has 0 aromatic heterocycles. The zero-order valence-electron chi connectivity index (χ0n) is 15.3. The van der Waals surface area contributed by atoms with Gasteiger partial charge in [0.05, 0.1) is 19.8 Å². The van der Waals surface area contributed by atoms with E-state index in [4.69, 9.17) is 9.47 Å². The molecule has 27 heavy (non-hydrogen) atoms. The normalized spacial score (nSPS) is 13.4. The van der Waals surface area contributed by atoms with E-state index in [2.05, 4.69) is 20.9 Å². The van der Waals surface area contributed by atoms with E-state index in [1.165, 1.54) is 0 Å². The third kappa shape index (κ3) is 5.64. The fraction of sp³-hybridized carbons (Fsp3) is 0.300. The van der Waals surface area contributed by atoms with Gasteiger partial charge >= 0.3 is 0 Å². The molecule has 2 aromatic rings. The maximum absolute atomic E-state index is 12.0. The van der Waals surface area contributed by atoms with Crippen molar-refractivity contribution in [3.63, 3.8) is 0 Å². The highest BCUT2D eigenvalue weighted by Crippen LogP contribution is 2.32. The van der Waals surface area contributed by atoms with Crippen LogP contribution in [0.1, 0.15) is 12.0 Å². The molecule has 3 rings (SSSR count). The number of amides is 1. The number of aliphatic imine (C=N–C) groups is 1. The molecule has 0 saturated heterocycles. The largest absolute Gasteiger partial charge is 0.490 e. The quantitative estimate of drug-likeness (QED) is 0.556. The van der Waals surface area contributed by atoms with E-state index in [1.807, 2.05) is 48.5 Å². The first-order valence-corrected chi connectivity index (χ1v) is 8.92. The van der Waals surface area contributed by atoms with Gasteiger partial charge in [0.25, 0.3) is 0 Å². The number of hydrogen-bond acceptors (Lipinski definition) is 4. The van der Waals surface area contributed by atoms with Crippen molar-refractivity contribution in [2.75, 3.05) is 32.1 Å².